The molecule has 1 unspecified atom stereocenters. The molecule has 8 atom stereocenters. The first-order valence-electron chi connectivity index (χ1n) is 6.10. The standard InChI is InChI=1S/C11H20O9/c1-3(13)5(14)7(16)8(17)10(19)11-9(18)6(15)4(2-12)20-11/h3-9,11-18H,2H2,1H3/t3-,4-,5+,6-,7+,8-,9+,11?/m1/s1. The largest absolute Gasteiger partial charge is 0.394 e. The van der Waals surface area contributed by atoms with Crippen molar-refractivity contribution in [1.29, 1.82) is 0 Å². The third-order valence-corrected chi connectivity index (χ3v) is 3.28. The van der Waals surface area contributed by atoms with Crippen LogP contribution in [0.5, 0.6) is 0 Å². The molecule has 0 saturated carbocycles. The van der Waals surface area contributed by atoms with E-state index in [-0.39, 0.29) is 0 Å². The Hall–Kier alpha value is -0.650. The van der Waals surface area contributed by atoms with Crippen molar-refractivity contribution in [3.63, 3.8) is 0 Å². The van der Waals surface area contributed by atoms with Crippen molar-refractivity contribution < 1.29 is 45.3 Å². The molecule has 1 rings (SSSR count). The van der Waals surface area contributed by atoms with E-state index in [9.17, 15) is 30.3 Å². The molecule has 1 heterocycles. The SMILES string of the molecule is C[C@@H](O)[C@H](O)[C@H](O)[C@@H](O)C(=O)C1O[C@H](CO)[C@@H](O)[C@@H]1O. The van der Waals surface area contributed by atoms with Crippen LogP contribution < -0.4 is 0 Å². The van der Waals surface area contributed by atoms with Gasteiger partial charge < -0.3 is 40.5 Å². The minimum Gasteiger partial charge on any atom is -0.394 e. The van der Waals surface area contributed by atoms with E-state index in [4.69, 9.17) is 14.9 Å². The Morgan fingerprint density at radius 3 is 2.05 bits per heavy atom. The molecule has 0 aromatic rings. The summed E-state index contributed by atoms with van der Waals surface area (Å²) < 4.78 is 4.89. The number of aliphatic hydroxyl groups excluding tert-OH is 7. The number of carbonyl (C=O) groups excluding carboxylic acids is 1. The van der Waals surface area contributed by atoms with Crippen molar-refractivity contribution in [3.8, 4) is 0 Å². The van der Waals surface area contributed by atoms with E-state index in [0.717, 1.165) is 6.92 Å². The quantitative estimate of drug-likeness (QED) is 0.255. The van der Waals surface area contributed by atoms with Gasteiger partial charge in [0, 0.05) is 0 Å². The van der Waals surface area contributed by atoms with E-state index >= 15 is 0 Å². The summed E-state index contributed by atoms with van der Waals surface area (Å²) in [4.78, 5) is 11.9. The van der Waals surface area contributed by atoms with Crippen molar-refractivity contribution >= 4 is 5.78 Å². The summed E-state index contributed by atoms with van der Waals surface area (Å²) in [7, 11) is 0. The predicted octanol–water partition coefficient (Wildman–Crippen LogP) is -4.50. The molecule has 9 heteroatoms. The first kappa shape index (κ1) is 17.4. The minimum absolute atomic E-state index is 0.642. The number of carbonyl (C=O) groups is 1. The maximum Gasteiger partial charge on any atom is 0.195 e. The summed E-state index contributed by atoms with van der Waals surface area (Å²) in [6.07, 6.45) is -13.3. The van der Waals surface area contributed by atoms with Gasteiger partial charge in [0.1, 0.15) is 42.7 Å². The Labute approximate surface area is 114 Å². The van der Waals surface area contributed by atoms with Crippen molar-refractivity contribution in [1.82, 2.24) is 0 Å². The average Bonchev–Trinajstić information content (AvgIpc) is 2.71. The number of hydrogen-bond acceptors (Lipinski definition) is 9. The fraction of sp³-hybridized carbons (Fsp3) is 0.909. The second-order valence-corrected chi connectivity index (χ2v) is 4.83. The highest BCUT2D eigenvalue weighted by Gasteiger charge is 2.49. The van der Waals surface area contributed by atoms with Crippen LogP contribution in [0.3, 0.4) is 0 Å². The van der Waals surface area contributed by atoms with E-state index in [1.165, 1.54) is 0 Å². The molecule has 0 aliphatic carbocycles. The van der Waals surface area contributed by atoms with Gasteiger partial charge in [-0.15, -0.1) is 0 Å². The first-order valence-corrected chi connectivity index (χ1v) is 6.10. The molecule has 1 aliphatic rings. The normalized spacial score (nSPS) is 36.4. The predicted molar refractivity (Wildman–Crippen MR) is 62.5 cm³/mol. The summed E-state index contributed by atoms with van der Waals surface area (Å²) in [5.41, 5.74) is 0. The van der Waals surface area contributed by atoms with Gasteiger partial charge >= 0.3 is 0 Å². The Bertz CT molecular complexity index is 334. The lowest BCUT2D eigenvalue weighted by atomic mass is 9.95. The molecule has 20 heavy (non-hydrogen) atoms. The number of aliphatic hydroxyl groups is 7. The minimum atomic E-state index is -2.12. The molecule has 1 fully saturated rings. The fourth-order valence-electron chi connectivity index (χ4n) is 1.94. The smallest absolute Gasteiger partial charge is 0.195 e. The number of ether oxygens (including phenoxy) is 1. The van der Waals surface area contributed by atoms with Crippen LogP contribution in [-0.2, 0) is 9.53 Å². The molecule has 1 aliphatic heterocycles. The molecule has 7 N–H and O–H groups in total. The Morgan fingerprint density at radius 1 is 1.10 bits per heavy atom. The van der Waals surface area contributed by atoms with Gasteiger partial charge in [0.2, 0.25) is 0 Å². The molecular formula is C11H20O9. The zero-order chi connectivity index (χ0) is 15.6. The lowest BCUT2D eigenvalue weighted by Crippen LogP contribution is -2.51. The Morgan fingerprint density at radius 2 is 1.65 bits per heavy atom. The number of rotatable bonds is 6. The zero-order valence-corrected chi connectivity index (χ0v) is 10.8. The molecule has 9 nitrogen and oxygen atoms in total. The summed E-state index contributed by atoms with van der Waals surface area (Å²) in [6, 6.07) is 0. The third kappa shape index (κ3) is 3.32. The van der Waals surface area contributed by atoms with Crippen LogP contribution in [0.4, 0.5) is 0 Å². The summed E-state index contributed by atoms with van der Waals surface area (Å²) in [6.45, 7) is 0.508. The van der Waals surface area contributed by atoms with Crippen molar-refractivity contribution in [2.75, 3.05) is 6.61 Å². The highest BCUT2D eigenvalue weighted by molar-refractivity contribution is 5.88. The lowest BCUT2D eigenvalue weighted by Gasteiger charge is -2.26. The van der Waals surface area contributed by atoms with Gasteiger partial charge in [0.15, 0.2) is 5.78 Å². The van der Waals surface area contributed by atoms with E-state index in [0.29, 0.717) is 0 Å². The van der Waals surface area contributed by atoms with Crippen LogP contribution in [0.25, 0.3) is 0 Å². The zero-order valence-electron chi connectivity index (χ0n) is 10.8. The monoisotopic (exact) mass is 296 g/mol. The highest BCUT2D eigenvalue weighted by atomic mass is 16.6. The van der Waals surface area contributed by atoms with Gasteiger partial charge in [0.05, 0.1) is 12.7 Å². The second kappa shape index (κ2) is 6.87. The molecule has 1 saturated heterocycles. The van der Waals surface area contributed by atoms with Gasteiger partial charge in [-0.25, -0.2) is 0 Å². The van der Waals surface area contributed by atoms with Crippen LogP contribution >= 0.6 is 0 Å². The van der Waals surface area contributed by atoms with Gasteiger partial charge in [-0.05, 0) is 6.92 Å². The van der Waals surface area contributed by atoms with Crippen molar-refractivity contribution in [3.05, 3.63) is 0 Å². The second-order valence-electron chi connectivity index (χ2n) is 4.83. The van der Waals surface area contributed by atoms with Crippen LogP contribution in [0.2, 0.25) is 0 Å². The maximum absolute atomic E-state index is 11.9. The average molecular weight is 296 g/mol. The Kier molecular flexibility index (Phi) is 5.98. The van der Waals surface area contributed by atoms with Crippen molar-refractivity contribution in [2.45, 2.75) is 55.8 Å². The third-order valence-electron chi connectivity index (χ3n) is 3.28. The Balaban J connectivity index is 2.75. The van der Waals surface area contributed by atoms with Crippen LogP contribution in [0.15, 0.2) is 0 Å². The summed E-state index contributed by atoms with van der Waals surface area (Å²) >= 11 is 0. The van der Waals surface area contributed by atoms with Gasteiger partial charge in [-0.3, -0.25) is 4.79 Å². The molecule has 0 amide bonds. The van der Waals surface area contributed by atoms with E-state index < -0.39 is 61.2 Å². The maximum atomic E-state index is 11.9. The molecule has 0 spiro atoms. The molecule has 0 aromatic carbocycles. The van der Waals surface area contributed by atoms with Gasteiger partial charge in [0.25, 0.3) is 0 Å². The lowest BCUT2D eigenvalue weighted by molar-refractivity contribution is -0.157. The highest BCUT2D eigenvalue weighted by Crippen LogP contribution is 2.23. The molecule has 118 valence electrons. The van der Waals surface area contributed by atoms with Crippen molar-refractivity contribution in [2.24, 2.45) is 0 Å². The fourth-order valence-corrected chi connectivity index (χ4v) is 1.94. The number of ketones is 1. The summed E-state index contributed by atoms with van der Waals surface area (Å²) in [5.74, 6) is -1.17. The van der Waals surface area contributed by atoms with Gasteiger partial charge in [-0.2, -0.15) is 0 Å². The number of Topliss-reactive ketones (excluding diaryl/α,β-unsaturated/α-hetero) is 1. The van der Waals surface area contributed by atoms with E-state index in [1.807, 2.05) is 0 Å². The first-order chi connectivity index (χ1) is 9.22. The molecule has 0 radical (unpaired) electrons. The number of hydrogen-bond donors (Lipinski definition) is 7. The molecule has 0 bridgehead atoms. The summed E-state index contributed by atoms with van der Waals surface area (Å²) in [5, 5.41) is 65.5. The van der Waals surface area contributed by atoms with E-state index in [1.54, 1.807) is 0 Å². The van der Waals surface area contributed by atoms with E-state index in [2.05, 4.69) is 0 Å². The van der Waals surface area contributed by atoms with Crippen LogP contribution in [-0.4, -0.2) is 97.0 Å². The molecular weight excluding hydrogens is 276 g/mol. The molecule has 0 aromatic heterocycles. The van der Waals surface area contributed by atoms with Crippen LogP contribution in [0.1, 0.15) is 6.92 Å². The topological polar surface area (TPSA) is 168 Å². The van der Waals surface area contributed by atoms with Crippen LogP contribution in [0, 0.1) is 0 Å². The van der Waals surface area contributed by atoms with Gasteiger partial charge in [-0.1, -0.05) is 0 Å².